The van der Waals surface area contributed by atoms with Crippen LogP contribution in [0.4, 0.5) is 5.69 Å². The minimum Gasteiger partial charge on any atom is -0.450 e. The van der Waals surface area contributed by atoms with Gasteiger partial charge in [0.25, 0.3) is 0 Å². The Balaban J connectivity index is 1.27. The van der Waals surface area contributed by atoms with Crippen molar-refractivity contribution >= 4 is 52.5 Å². The third-order valence-electron chi connectivity index (χ3n) is 7.60. The predicted molar refractivity (Wildman–Crippen MR) is 149 cm³/mol. The van der Waals surface area contributed by atoms with Crippen LogP contribution in [-0.4, -0.2) is 35.6 Å². The third-order valence-corrected chi connectivity index (χ3v) is 8.07. The van der Waals surface area contributed by atoms with Crippen LogP contribution in [0.5, 0.6) is 0 Å². The summed E-state index contributed by atoms with van der Waals surface area (Å²) in [6, 6.07) is 22.5. The average molecular weight is 564 g/mol. The van der Waals surface area contributed by atoms with Crippen molar-refractivity contribution in [2.45, 2.75) is 37.7 Å². The Morgan fingerprint density at radius 1 is 0.846 bits per heavy atom. The second-order valence-electron chi connectivity index (χ2n) is 9.94. The van der Waals surface area contributed by atoms with Crippen molar-refractivity contribution in [2.24, 2.45) is 11.8 Å². The maximum Gasteiger partial charge on any atom is 0.338 e. The molecule has 1 aliphatic heterocycles. The molecule has 0 N–H and O–H groups in total. The summed E-state index contributed by atoms with van der Waals surface area (Å²) >= 11 is 11.8. The van der Waals surface area contributed by atoms with Crippen LogP contribution in [0.1, 0.15) is 57.9 Å². The number of Topliss-reactive ketones (excluding diaryl/α,β-unsaturated/α-hetero) is 1. The molecule has 0 aromatic heterocycles. The lowest BCUT2D eigenvalue weighted by Crippen LogP contribution is -2.31. The largest absolute Gasteiger partial charge is 0.450 e. The van der Waals surface area contributed by atoms with Crippen molar-refractivity contribution in [3.8, 4) is 0 Å². The van der Waals surface area contributed by atoms with Gasteiger partial charge in [0.2, 0.25) is 17.6 Å². The number of carbonyl (C=O) groups excluding carboxylic acids is 4. The van der Waals surface area contributed by atoms with E-state index in [2.05, 4.69) is 12.1 Å². The van der Waals surface area contributed by atoms with E-state index in [0.29, 0.717) is 29.1 Å². The normalized spacial score (nSPS) is 21.4. The van der Waals surface area contributed by atoms with E-state index in [9.17, 15) is 19.2 Å². The number of benzene rings is 3. The minimum atomic E-state index is -1.06. The van der Waals surface area contributed by atoms with Crippen LogP contribution in [0, 0.1) is 11.8 Å². The summed E-state index contributed by atoms with van der Waals surface area (Å²) in [5.74, 6) is -1.76. The lowest BCUT2D eigenvalue weighted by Gasteiger charge is -2.28. The van der Waals surface area contributed by atoms with Crippen molar-refractivity contribution in [1.29, 1.82) is 0 Å². The first kappa shape index (κ1) is 27.1. The Labute approximate surface area is 236 Å². The van der Waals surface area contributed by atoms with Crippen LogP contribution < -0.4 is 4.90 Å². The maximum atomic E-state index is 13.3. The first-order valence-electron chi connectivity index (χ1n) is 13.0. The highest BCUT2D eigenvalue weighted by atomic mass is 35.5. The van der Waals surface area contributed by atoms with Crippen molar-refractivity contribution in [2.75, 3.05) is 10.8 Å². The van der Waals surface area contributed by atoms with Gasteiger partial charge < -0.3 is 4.74 Å². The monoisotopic (exact) mass is 563 g/mol. The number of amides is 2. The molecule has 2 aliphatic rings. The highest BCUT2D eigenvalue weighted by Crippen LogP contribution is 2.45. The number of nitrogens with zero attached hydrogens (tertiary/aromatic N) is 1. The molecular formula is C31H27Cl2NO5. The van der Waals surface area contributed by atoms with Crippen molar-refractivity contribution in [3.05, 3.63) is 101 Å². The van der Waals surface area contributed by atoms with Crippen LogP contribution in [0.3, 0.4) is 0 Å². The number of ketones is 1. The van der Waals surface area contributed by atoms with E-state index in [4.69, 9.17) is 27.9 Å². The number of imide groups is 1. The van der Waals surface area contributed by atoms with Gasteiger partial charge in [0, 0.05) is 22.9 Å². The molecule has 200 valence electrons. The summed E-state index contributed by atoms with van der Waals surface area (Å²) < 4.78 is 5.51. The van der Waals surface area contributed by atoms with Gasteiger partial charge in [0.15, 0.2) is 6.10 Å². The molecule has 0 radical (unpaired) electrons. The molecule has 1 saturated heterocycles. The highest BCUT2D eigenvalue weighted by Gasteiger charge is 2.50. The topological polar surface area (TPSA) is 80.8 Å². The number of carbonyl (C=O) groups is 4. The fourth-order valence-corrected chi connectivity index (χ4v) is 5.87. The molecule has 0 unspecified atom stereocenters. The van der Waals surface area contributed by atoms with Crippen LogP contribution in [0.15, 0.2) is 78.9 Å². The summed E-state index contributed by atoms with van der Waals surface area (Å²) in [4.78, 5) is 53.6. The van der Waals surface area contributed by atoms with Crippen molar-refractivity contribution in [1.82, 2.24) is 0 Å². The van der Waals surface area contributed by atoms with E-state index in [-0.39, 0.29) is 53.2 Å². The second kappa shape index (κ2) is 11.7. The SMILES string of the molecule is O=C(O[C@@H](CCCl)C(=O)c1ccc(Cl)cc1)c1ccc(N2C(=O)[C@@H]3CC[C@H](c4ccccc4)C[C@H]3C2=O)cc1. The van der Waals surface area contributed by atoms with Gasteiger partial charge in [-0.1, -0.05) is 41.9 Å². The zero-order valence-corrected chi connectivity index (χ0v) is 22.6. The second-order valence-corrected chi connectivity index (χ2v) is 10.7. The summed E-state index contributed by atoms with van der Waals surface area (Å²) in [6.45, 7) is 0. The van der Waals surface area contributed by atoms with Gasteiger partial charge in [-0.05, 0) is 79.3 Å². The van der Waals surface area contributed by atoms with Gasteiger partial charge >= 0.3 is 5.97 Å². The van der Waals surface area contributed by atoms with E-state index in [0.717, 1.165) is 6.42 Å². The number of hydrogen-bond acceptors (Lipinski definition) is 5. The van der Waals surface area contributed by atoms with E-state index in [1.54, 1.807) is 36.4 Å². The summed E-state index contributed by atoms with van der Waals surface area (Å²) in [5.41, 5.74) is 2.17. The highest BCUT2D eigenvalue weighted by molar-refractivity contribution is 6.30. The smallest absolute Gasteiger partial charge is 0.338 e. The Bertz CT molecular complexity index is 1370. The number of anilines is 1. The Morgan fingerprint density at radius 2 is 1.49 bits per heavy atom. The van der Waals surface area contributed by atoms with E-state index >= 15 is 0 Å². The number of halogens is 2. The fraction of sp³-hybridized carbons (Fsp3) is 0.290. The van der Waals surface area contributed by atoms with Gasteiger partial charge in [0.05, 0.1) is 23.1 Å². The molecule has 1 aliphatic carbocycles. The Morgan fingerprint density at radius 3 is 2.15 bits per heavy atom. The standard InChI is InChI=1S/C31H27Cl2NO5/c32-17-16-27(28(35)20-6-11-23(33)12-7-20)39-31(38)21-8-13-24(14-9-21)34-29(36)25-15-10-22(18-26(25)30(34)37)19-4-2-1-3-5-19/h1-9,11-14,22,25-27H,10,15-18H2/t22-,25+,26+,27-/m0/s1. The molecule has 1 saturated carbocycles. The minimum absolute atomic E-state index is 0.128. The molecule has 1 heterocycles. The van der Waals surface area contributed by atoms with Gasteiger partial charge in [-0.25, -0.2) is 4.79 Å². The molecule has 8 heteroatoms. The lowest BCUT2D eigenvalue weighted by molar-refractivity contribution is -0.122. The van der Waals surface area contributed by atoms with Crippen molar-refractivity contribution in [3.63, 3.8) is 0 Å². The number of esters is 1. The number of rotatable bonds is 8. The molecule has 39 heavy (non-hydrogen) atoms. The average Bonchev–Trinajstić information content (AvgIpc) is 3.22. The molecule has 0 bridgehead atoms. The van der Waals surface area contributed by atoms with E-state index in [1.165, 1.54) is 22.6 Å². The Hall–Kier alpha value is -3.48. The fourth-order valence-electron chi connectivity index (χ4n) is 5.55. The van der Waals surface area contributed by atoms with Gasteiger partial charge in [-0.2, -0.15) is 0 Å². The van der Waals surface area contributed by atoms with Crippen LogP contribution >= 0.6 is 23.2 Å². The number of ether oxygens (including phenoxy) is 1. The zero-order chi connectivity index (χ0) is 27.5. The predicted octanol–water partition coefficient (Wildman–Crippen LogP) is 6.45. The molecule has 0 spiro atoms. The quantitative estimate of drug-likeness (QED) is 0.136. The van der Waals surface area contributed by atoms with Gasteiger partial charge in [-0.3, -0.25) is 19.3 Å². The molecular weight excluding hydrogens is 537 g/mol. The molecule has 5 rings (SSSR count). The molecule has 3 aromatic rings. The number of hydrogen-bond donors (Lipinski definition) is 0. The lowest BCUT2D eigenvalue weighted by atomic mass is 9.73. The summed E-state index contributed by atoms with van der Waals surface area (Å²) in [5, 5.41) is 0.489. The number of fused-ring (bicyclic) bond motifs is 1. The van der Waals surface area contributed by atoms with Gasteiger partial charge in [0.1, 0.15) is 0 Å². The van der Waals surface area contributed by atoms with Crippen LogP contribution in [0.2, 0.25) is 5.02 Å². The molecule has 3 aromatic carbocycles. The molecule has 4 atom stereocenters. The first-order valence-corrected chi connectivity index (χ1v) is 13.9. The van der Waals surface area contributed by atoms with Crippen LogP contribution in [-0.2, 0) is 14.3 Å². The van der Waals surface area contributed by atoms with E-state index in [1.807, 2.05) is 18.2 Å². The molecule has 2 fully saturated rings. The Kier molecular flexibility index (Phi) is 8.15. The van der Waals surface area contributed by atoms with Gasteiger partial charge in [-0.15, -0.1) is 11.6 Å². The third kappa shape index (κ3) is 5.63. The summed E-state index contributed by atoms with van der Waals surface area (Å²) in [6.07, 6.45) is 1.26. The maximum absolute atomic E-state index is 13.3. The zero-order valence-electron chi connectivity index (χ0n) is 21.1. The van der Waals surface area contributed by atoms with Crippen molar-refractivity contribution < 1.29 is 23.9 Å². The summed E-state index contributed by atoms with van der Waals surface area (Å²) in [7, 11) is 0. The molecule has 6 nitrogen and oxygen atoms in total. The number of alkyl halides is 1. The first-order chi connectivity index (χ1) is 18.9. The molecule has 2 amide bonds. The van der Waals surface area contributed by atoms with E-state index < -0.39 is 12.1 Å². The van der Waals surface area contributed by atoms with Crippen LogP contribution in [0.25, 0.3) is 0 Å².